The highest BCUT2D eigenvalue weighted by atomic mass is 16.5. The van der Waals surface area contributed by atoms with Gasteiger partial charge in [-0.2, -0.15) is 0 Å². The molecule has 258 valence electrons. The molecule has 3 aromatic heterocycles. The predicted octanol–water partition coefficient (Wildman–Crippen LogP) is 5.23. The van der Waals surface area contributed by atoms with Crippen molar-refractivity contribution in [3.05, 3.63) is 60.6 Å². The van der Waals surface area contributed by atoms with E-state index in [2.05, 4.69) is 59.8 Å². The van der Waals surface area contributed by atoms with Crippen LogP contribution < -0.4 is 15.0 Å². The first-order valence-corrected chi connectivity index (χ1v) is 18.0. The number of fused-ring (bicyclic) bond motifs is 1. The number of hydrogen-bond acceptors (Lipinski definition) is 9. The average Bonchev–Trinajstić information content (AvgIpc) is 3.48. The summed E-state index contributed by atoms with van der Waals surface area (Å²) in [4.78, 5) is 35.2. The maximum absolute atomic E-state index is 13.8. The Hall–Kier alpha value is -4.06. The number of aliphatic hydroxyl groups is 1. The van der Waals surface area contributed by atoms with Gasteiger partial charge in [0.15, 0.2) is 0 Å². The van der Waals surface area contributed by atoms with Gasteiger partial charge >= 0.3 is 0 Å². The number of aliphatic hydroxyl groups excluding tert-OH is 1. The number of ether oxygens (including phenoxy) is 1. The second-order valence-corrected chi connectivity index (χ2v) is 14.8. The van der Waals surface area contributed by atoms with E-state index in [9.17, 15) is 9.90 Å². The second kappa shape index (κ2) is 13.3. The summed E-state index contributed by atoms with van der Waals surface area (Å²) in [7, 11) is 3.85. The summed E-state index contributed by atoms with van der Waals surface area (Å²) in [5.74, 6) is 0.923. The monoisotopic (exact) mass is 664 g/mol. The molecule has 8 rings (SSSR count). The molecule has 6 heterocycles. The lowest BCUT2D eigenvalue weighted by Crippen LogP contribution is -2.60. The Kier molecular flexibility index (Phi) is 8.75. The van der Waals surface area contributed by atoms with Gasteiger partial charge in [-0.15, -0.1) is 0 Å². The van der Waals surface area contributed by atoms with Crippen LogP contribution in [0.1, 0.15) is 67.8 Å². The smallest absolute Gasteiger partial charge is 0.258 e. The zero-order valence-corrected chi connectivity index (χ0v) is 28.7. The van der Waals surface area contributed by atoms with Crippen molar-refractivity contribution in [2.75, 3.05) is 63.6 Å². The number of imidazole rings is 1. The number of carbonyl (C=O) groups excluding carboxylic acids is 1. The highest BCUT2D eigenvalue weighted by molar-refractivity contribution is 6.04. The first-order valence-electron chi connectivity index (χ1n) is 18.0. The molecule has 2 N–H and O–H groups in total. The number of aromatic nitrogens is 4. The molecular weight excluding hydrogens is 616 g/mol. The largest absolute Gasteiger partial charge is 0.496 e. The van der Waals surface area contributed by atoms with Crippen molar-refractivity contribution >= 4 is 28.6 Å². The number of methoxy groups -OCH3 is 1. The van der Waals surface area contributed by atoms with Crippen molar-refractivity contribution in [3.8, 4) is 17.0 Å². The Labute approximate surface area is 288 Å². The Bertz CT molecular complexity index is 1790. The summed E-state index contributed by atoms with van der Waals surface area (Å²) in [6, 6.07) is 12.6. The van der Waals surface area contributed by atoms with Crippen LogP contribution in [0.3, 0.4) is 0 Å². The van der Waals surface area contributed by atoms with Gasteiger partial charge < -0.3 is 29.1 Å². The lowest BCUT2D eigenvalue weighted by Gasteiger charge is -2.54. The van der Waals surface area contributed by atoms with Gasteiger partial charge in [-0.05, 0) is 113 Å². The van der Waals surface area contributed by atoms with E-state index in [1.54, 1.807) is 43.9 Å². The number of pyridine rings is 2. The molecule has 4 fully saturated rings. The predicted molar refractivity (Wildman–Crippen MR) is 191 cm³/mol. The molecule has 3 saturated heterocycles. The van der Waals surface area contributed by atoms with E-state index in [1.165, 1.54) is 57.5 Å². The van der Waals surface area contributed by atoms with E-state index in [1.807, 2.05) is 0 Å². The zero-order chi connectivity index (χ0) is 33.5. The number of benzene rings is 1. The van der Waals surface area contributed by atoms with Crippen molar-refractivity contribution in [1.29, 1.82) is 0 Å². The van der Waals surface area contributed by atoms with Crippen molar-refractivity contribution in [3.63, 3.8) is 0 Å². The van der Waals surface area contributed by atoms with E-state index in [-0.39, 0.29) is 18.1 Å². The van der Waals surface area contributed by atoms with Gasteiger partial charge in [-0.25, -0.2) is 4.98 Å². The highest BCUT2D eigenvalue weighted by Crippen LogP contribution is 2.41. The molecule has 1 aromatic carbocycles. The summed E-state index contributed by atoms with van der Waals surface area (Å²) >= 11 is 0. The SMILES string of the molecule is COc1ccncc1-c1cc(C(=O)Nc2nc3ccc(N4CCC(N5CCC6(CC5)CN(C)C6)CC4)cc3n2C2CCC(O)CC2)ccn1. The molecule has 0 atom stereocenters. The fraction of sp³-hybridized carbons (Fsp3) is 0.526. The minimum atomic E-state index is -0.277. The zero-order valence-electron chi connectivity index (χ0n) is 28.7. The Morgan fingerprint density at radius 2 is 1.71 bits per heavy atom. The van der Waals surface area contributed by atoms with Crippen LogP contribution in [0.4, 0.5) is 11.6 Å². The molecule has 0 radical (unpaired) electrons. The van der Waals surface area contributed by atoms with Gasteiger partial charge in [0.25, 0.3) is 5.91 Å². The molecule has 3 aliphatic heterocycles. The van der Waals surface area contributed by atoms with E-state index in [4.69, 9.17) is 9.72 Å². The maximum Gasteiger partial charge on any atom is 0.258 e. The van der Waals surface area contributed by atoms with Gasteiger partial charge in [0, 0.05) is 68.1 Å². The van der Waals surface area contributed by atoms with E-state index < -0.39 is 0 Å². The number of nitrogens with one attached hydrogen (secondary N) is 1. The summed E-state index contributed by atoms with van der Waals surface area (Å²) in [5, 5.41) is 13.5. The first-order chi connectivity index (χ1) is 23.9. The molecule has 1 amide bonds. The lowest BCUT2D eigenvalue weighted by molar-refractivity contribution is -0.0419. The quantitative estimate of drug-likeness (QED) is 0.275. The third-order valence-electron chi connectivity index (χ3n) is 11.6. The number of rotatable bonds is 7. The number of anilines is 2. The number of piperidine rings is 2. The van der Waals surface area contributed by atoms with Crippen molar-refractivity contribution in [2.24, 2.45) is 5.41 Å². The number of carbonyl (C=O) groups is 1. The number of nitrogens with zero attached hydrogens (tertiary/aromatic N) is 7. The first kappa shape index (κ1) is 32.2. The van der Waals surface area contributed by atoms with Gasteiger partial charge in [0.05, 0.1) is 35.5 Å². The molecule has 49 heavy (non-hydrogen) atoms. The van der Waals surface area contributed by atoms with Crippen molar-refractivity contribution < 1.29 is 14.6 Å². The number of likely N-dealkylation sites (tertiary alicyclic amines) is 2. The standard InChI is InChI=1S/C38H48N8O3/c1-43-24-38(25-43)13-19-45(20-14-38)27-11-17-44(18-12-27)29-5-8-32-34(22-29)46(28-3-6-30(47)7-4-28)37(41-32)42-36(48)26-9-16-40-33(21-26)31-23-39-15-10-35(31)49-2/h5,8-10,15-16,21-23,27-28,30,47H,3-4,6-7,11-14,17-20,24-25H2,1-2H3,(H,41,42,48). The third-order valence-corrected chi connectivity index (χ3v) is 11.6. The van der Waals surface area contributed by atoms with Gasteiger partial charge in [-0.1, -0.05) is 0 Å². The average molecular weight is 665 g/mol. The summed E-state index contributed by atoms with van der Waals surface area (Å²) in [6.07, 6.45) is 12.9. The highest BCUT2D eigenvalue weighted by Gasteiger charge is 2.44. The van der Waals surface area contributed by atoms with E-state index in [0.29, 0.717) is 34.4 Å². The fourth-order valence-corrected chi connectivity index (χ4v) is 8.96. The molecular formula is C38H48N8O3. The normalized spacial score (nSPS) is 23.4. The van der Waals surface area contributed by atoms with Crippen LogP contribution in [0.15, 0.2) is 55.0 Å². The molecule has 0 bridgehead atoms. The van der Waals surface area contributed by atoms with Crippen LogP contribution in [0.25, 0.3) is 22.3 Å². The van der Waals surface area contributed by atoms with E-state index >= 15 is 0 Å². The van der Waals surface area contributed by atoms with Crippen LogP contribution in [0, 0.1) is 5.41 Å². The molecule has 1 saturated carbocycles. The fourth-order valence-electron chi connectivity index (χ4n) is 8.96. The molecule has 1 spiro atoms. The topological polar surface area (TPSA) is 112 Å². The van der Waals surface area contributed by atoms with Crippen LogP contribution in [-0.4, -0.2) is 106 Å². The molecule has 11 nitrogen and oxygen atoms in total. The summed E-state index contributed by atoms with van der Waals surface area (Å²) < 4.78 is 7.71. The number of amides is 1. The van der Waals surface area contributed by atoms with Crippen molar-refractivity contribution in [2.45, 2.75) is 69.6 Å². The Morgan fingerprint density at radius 3 is 2.45 bits per heavy atom. The Morgan fingerprint density at radius 1 is 0.939 bits per heavy atom. The molecule has 4 aromatic rings. The van der Waals surface area contributed by atoms with Gasteiger partial charge in [-0.3, -0.25) is 20.1 Å². The summed E-state index contributed by atoms with van der Waals surface area (Å²) in [5.41, 5.74) is 5.49. The van der Waals surface area contributed by atoms with Crippen LogP contribution in [0.5, 0.6) is 5.75 Å². The minimum absolute atomic E-state index is 0.134. The van der Waals surface area contributed by atoms with Crippen molar-refractivity contribution in [1.82, 2.24) is 29.3 Å². The Balaban J connectivity index is 1.01. The van der Waals surface area contributed by atoms with Crippen LogP contribution in [0.2, 0.25) is 0 Å². The number of hydrogen-bond donors (Lipinski definition) is 2. The lowest BCUT2D eigenvalue weighted by atomic mass is 9.72. The second-order valence-electron chi connectivity index (χ2n) is 14.8. The maximum atomic E-state index is 13.8. The van der Waals surface area contributed by atoms with Crippen LogP contribution in [-0.2, 0) is 0 Å². The van der Waals surface area contributed by atoms with E-state index in [0.717, 1.165) is 55.4 Å². The molecule has 11 heteroatoms. The minimum Gasteiger partial charge on any atom is -0.496 e. The molecule has 1 aliphatic carbocycles. The van der Waals surface area contributed by atoms with Gasteiger partial charge in [0.1, 0.15) is 5.75 Å². The van der Waals surface area contributed by atoms with Crippen LogP contribution >= 0.6 is 0 Å². The molecule has 4 aliphatic rings. The van der Waals surface area contributed by atoms with Gasteiger partial charge in [0.2, 0.25) is 5.95 Å². The third kappa shape index (κ3) is 6.39. The molecule has 0 unspecified atom stereocenters. The summed E-state index contributed by atoms with van der Waals surface area (Å²) in [6.45, 7) is 7.12.